The van der Waals surface area contributed by atoms with E-state index in [-0.39, 0.29) is 6.10 Å². The average molecular weight is 377 g/mol. The molecule has 0 saturated heterocycles. The zero-order chi connectivity index (χ0) is 17.6. The van der Waals surface area contributed by atoms with E-state index in [1.807, 2.05) is 47.2 Å². The first-order valence-electron chi connectivity index (χ1n) is 7.81. The van der Waals surface area contributed by atoms with Gasteiger partial charge in [-0.3, -0.25) is 0 Å². The standard InChI is InChI=1S/C19H18Cl2N2O2/c1-24-16-5-2-14(3-6-16)12-25-19(11-23-9-8-22-13-23)17-7-4-15(20)10-18(17)21/h2-10,13,19H,11-12H2,1H3. The highest BCUT2D eigenvalue weighted by atomic mass is 35.5. The van der Waals surface area contributed by atoms with Crippen LogP contribution in [-0.2, 0) is 17.9 Å². The minimum atomic E-state index is -0.221. The van der Waals surface area contributed by atoms with Crippen molar-refractivity contribution in [3.05, 3.63) is 82.4 Å². The minimum absolute atomic E-state index is 0.221. The summed E-state index contributed by atoms with van der Waals surface area (Å²) in [7, 11) is 1.65. The molecule has 3 rings (SSSR count). The molecule has 0 saturated carbocycles. The van der Waals surface area contributed by atoms with Crippen LogP contribution in [0, 0.1) is 0 Å². The van der Waals surface area contributed by atoms with Gasteiger partial charge in [0.25, 0.3) is 0 Å². The molecule has 0 fully saturated rings. The number of methoxy groups -OCH3 is 1. The predicted molar refractivity (Wildman–Crippen MR) is 99.2 cm³/mol. The summed E-state index contributed by atoms with van der Waals surface area (Å²) in [6.07, 6.45) is 5.17. The van der Waals surface area contributed by atoms with Crippen molar-refractivity contribution in [3.8, 4) is 5.75 Å². The quantitative estimate of drug-likeness (QED) is 0.571. The third kappa shape index (κ3) is 4.75. The highest BCUT2D eigenvalue weighted by molar-refractivity contribution is 6.35. The monoisotopic (exact) mass is 376 g/mol. The molecule has 0 aliphatic carbocycles. The molecule has 1 heterocycles. The molecule has 4 nitrogen and oxygen atoms in total. The van der Waals surface area contributed by atoms with E-state index < -0.39 is 0 Å². The fraction of sp³-hybridized carbons (Fsp3) is 0.211. The summed E-state index contributed by atoms with van der Waals surface area (Å²) in [5, 5.41) is 1.19. The van der Waals surface area contributed by atoms with Gasteiger partial charge in [-0.1, -0.05) is 41.4 Å². The Morgan fingerprint density at radius 3 is 2.56 bits per heavy atom. The lowest BCUT2D eigenvalue weighted by Crippen LogP contribution is -2.12. The number of rotatable bonds is 7. The average Bonchev–Trinajstić information content (AvgIpc) is 3.12. The molecular weight excluding hydrogens is 359 g/mol. The molecule has 0 N–H and O–H groups in total. The number of halogens is 2. The Balaban J connectivity index is 1.77. The van der Waals surface area contributed by atoms with Crippen LogP contribution in [0.5, 0.6) is 5.75 Å². The van der Waals surface area contributed by atoms with E-state index >= 15 is 0 Å². The number of nitrogens with zero attached hydrogens (tertiary/aromatic N) is 2. The van der Waals surface area contributed by atoms with E-state index in [2.05, 4.69) is 4.98 Å². The maximum atomic E-state index is 6.38. The molecule has 1 unspecified atom stereocenters. The smallest absolute Gasteiger partial charge is 0.118 e. The van der Waals surface area contributed by atoms with Crippen LogP contribution in [0.2, 0.25) is 10.0 Å². The van der Waals surface area contributed by atoms with Crippen LogP contribution < -0.4 is 4.74 Å². The van der Waals surface area contributed by atoms with Crippen molar-refractivity contribution < 1.29 is 9.47 Å². The van der Waals surface area contributed by atoms with E-state index in [4.69, 9.17) is 32.7 Å². The lowest BCUT2D eigenvalue weighted by atomic mass is 10.1. The van der Waals surface area contributed by atoms with Crippen molar-refractivity contribution in [1.29, 1.82) is 0 Å². The number of benzene rings is 2. The van der Waals surface area contributed by atoms with Crippen LogP contribution in [0.4, 0.5) is 0 Å². The van der Waals surface area contributed by atoms with Gasteiger partial charge in [-0.05, 0) is 29.8 Å². The summed E-state index contributed by atoms with van der Waals surface area (Å²) < 4.78 is 13.3. The zero-order valence-corrected chi connectivity index (χ0v) is 15.2. The Hall–Kier alpha value is -2.01. The molecule has 0 amide bonds. The molecule has 0 radical (unpaired) electrons. The molecule has 25 heavy (non-hydrogen) atoms. The SMILES string of the molecule is COc1ccc(COC(Cn2ccnc2)c2ccc(Cl)cc2Cl)cc1. The highest BCUT2D eigenvalue weighted by Gasteiger charge is 2.17. The molecular formula is C19H18Cl2N2O2. The molecule has 130 valence electrons. The minimum Gasteiger partial charge on any atom is -0.497 e. The number of ether oxygens (including phenoxy) is 2. The molecule has 0 spiro atoms. The molecule has 0 aliphatic heterocycles. The summed E-state index contributed by atoms with van der Waals surface area (Å²) in [5.41, 5.74) is 1.95. The second-order valence-corrected chi connectivity index (χ2v) is 6.42. The number of imidazole rings is 1. The maximum absolute atomic E-state index is 6.38. The van der Waals surface area contributed by atoms with Gasteiger partial charge in [0, 0.05) is 28.0 Å². The van der Waals surface area contributed by atoms with E-state index in [0.29, 0.717) is 23.2 Å². The van der Waals surface area contributed by atoms with E-state index in [0.717, 1.165) is 16.9 Å². The van der Waals surface area contributed by atoms with Crippen molar-refractivity contribution in [3.63, 3.8) is 0 Å². The Labute approximate surface area is 156 Å². The van der Waals surface area contributed by atoms with Crippen LogP contribution in [0.15, 0.2) is 61.2 Å². The van der Waals surface area contributed by atoms with Crippen molar-refractivity contribution >= 4 is 23.2 Å². The molecule has 0 aliphatic rings. The van der Waals surface area contributed by atoms with Crippen molar-refractivity contribution in [2.24, 2.45) is 0 Å². The topological polar surface area (TPSA) is 36.3 Å². The van der Waals surface area contributed by atoms with Gasteiger partial charge in [0.1, 0.15) is 11.9 Å². The molecule has 2 aromatic carbocycles. The number of hydrogen-bond acceptors (Lipinski definition) is 3. The van der Waals surface area contributed by atoms with Crippen molar-refractivity contribution in [2.75, 3.05) is 7.11 Å². The first-order chi connectivity index (χ1) is 12.2. The van der Waals surface area contributed by atoms with Crippen molar-refractivity contribution in [1.82, 2.24) is 9.55 Å². The van der Waals surface area contributed by atoms with Gasteiger partial charge < -0.3 is 14.0 Å². The van der Waals surface area contributed by atoms with Gasteiger partial charge in [0.05, 0.1) is 26.6 Å². The summed E-state index contributed by atoms with van der Waals surface area (Å²) in [6, 6.07) is 13.3. The highest BCUT2D eigenvalue weighted by Crippen LogP contribution is 2.30. The van der Waals surface area contributed by atoms with Gasteiger partial charge in [0.2, 0.25) is 0 Å². The Bertz CT molecular complexity index is 805. The van der Waals surface area contributed by atoms with Crippen LogP contribution in [-0.4, -0.2) is 16.7 Å². The number of hydrogen-bond donors (Lipinski definition) is 0. The van der Waals surface area contributed by atoms with Crippen LogP contribution in [0.25, 0.3) is 0 Å². The third-order valence-corrected chi connectivity index (χ3v) is 4.42. The molecule has 1 atom stereocenters. The fourth-order valence-corrected chi connectivity index (χ4v) is 3.04. The van der Waals surface area contributed by atoms with E-state index in [9.17, 15) is 0 Å². The third-order valence-electron chi connectivity index (χ3n) is 3.86. The van der Waals surface area contributed by atoms with Gasteiger partial charge >= 0.3 is 0 Å². The Morgan fingerprint density at radius 1 is 1.12 bits per heavy atom. The second-order valence-electron chi connectivity index (χ2n) is 5.57. The lowest BCUT2D eigenvalue weighted by Gasteiger charge is -2.20. The lowest BCUT2D eigenvalue weighted by molar-refractivity contribution is 0.0280. The Morgan fingerprint density at radius 2 is 1.92 bits per heavy atom. The summed E-state index contributed by atoms with van der Waals surface area (Å²) >= 11 is 12.4. The number of aromatic nitrogens is 2. The zero-order valence-electron chi connectivity index (χ0n) is 13.7. The van der Waals surface area contributed by atoms with Gasteiger partial charge in [-0.15, -0.1) is 0 Å². The second kappa shape index (κ2) is 8.39. The first kappa shape index (κ1) is 17.8. The molecule has 6 heteroatoms. The van der Waals surface area contributed by atoms with Crippen LogP contribution >= 0.6 is 23.2 Å². The summed E-state index contributed by atoms with van der Waals surface area (Å²) in [6.45, 7) is 1.07. The largest absolute Gasteiger partial charge is 0.497 e. The van der Waals surface area contributed by atoms with Gasteiger partial charge in [0.15, 0.2) is 0 Å². The van der Waals surface area contributed by atoms with Crippen LogP contribution in [0.3, 0.4) is 0 Å². The van der Waals surface area contributed by atoms with Crippen LogP contribution in [0.1, 0.15) is 17.2 Å². The molecule has 0 bridgehead atoms. The predicted octanol–water partition coefficient (Wildman–Crippen LogP) is 5.16. The maximum Gasteiger partial charge on any atom is 0.118 e. The van der Waals surface area contributed by atoms with Gasteiger partial charge in [-0.25, -0.2) is 4.98 Å². The molecule has 3 aromatic rings. The summed E-state index contributed by atoms with van der Waals surface area (Å²) in [5.74, 6) is 0.819. The first-order valence-corrected chi connectivity index (χ1v) is 8.56. The summed E-state index contributed by atoms with van der Waals surface area (Å²) in [4.78, 5) is 4.08. The van der Waals surface area contributed by atoms with E-state index in [1.165, 1.54) is 0 Å². The van der Waals surface area contributed by atoms with Crippen molar-refractivity contribution in [2.45, 2.75) is 19.3 Å². The molecule has 1 aromatic heterocycles. The normalized spacial score (nSPS) is 12.1. The fourth-order valence-electron chi connectivity index (χ4n) is 2.51. The van der Waals surface area contributed by atoms with Gasteiger partial charge in [-0.2, -0.15) is 0 Å². The van der Waals surface area contributed by atoms with E-state index in [1.54, 1.807) is 25.7 Å². The Kier molecular flexibility index (Phi) is 5.97.